The van der Waals surface area contributed by atoms with Gasteiger partial charge < -0.3 is 15.0 Å². The third-order valence-electron chi connectivity index (χ3n) is 3.44. The molecule has 2 aromatic rings. The molecule has 0 spiro atoms. The highest BCUT2D eigenvalue weighted by atomic mass is 19.1. The number of hydrogen-bond donors (Lipinski definition) is 2. The summed E-state index contributed by atoms with van der Waals surface area (Å²) in [4.78, 5) is 24.5. The van der Waals surface area contributed by atoms with Gasteiger partial charge in [0.15, 0.2) is 6.54 Å². The zero-order valence-corrected chi connectivity index (χ0v) is 13.6. The van der Waals surface area contributed by atoms with Gasteiger partial charge in [0.1, 0.15) is 12.4 Å². The van der Waals surface area contributed by atoms with Gasteiger partial charge >= 0.3 is 5.97 Å². The third-order valence-corrected chi connectivity index (χ3v) is 3.44. The molecule has 0 aliphatic carbocycles. The van der Waals surface area contributed by atoms with E-state index < -0.39 is 0 Å². The van der Waals surface area contributed by atoms with Crippen LogP contribution in [0.15, 0.2) is 48.5 Å². The summed E-state index contributed by atoms with van der Waals surface area (Å²) in [6.07, 6.45) is 0. The Labute approximate surface area is 140 Å². The van der Waals surface area contributed by atoms with Gasteiger partial charge in [-0.2, -0.15) is 0 Å². The van der Waals surface area contributed by atoms with E-state index in [0.717, 1.165) is 10.5 Å². The number of carbonyl (C=O) groups excluding carboxylic acids is 2. The zero-order chi connectivity index (χ0) is 17.5. The number of carbonyl (C=O) groups is 2. The minimum absolute atomic E-state index is 0.164. The van der Waals surface area contributed by atoms with Crippen LogP contribution in [0.25, 0.3) is 0 Å². The lowest BCUT2D eigenvalue weighted by Gasteiger charge is -2.14. The molecule has 1 atom stereocenters. The molecule has 0 heterocycles. The van der Waals surface area contributed by atoms with Crippen LogP contribution >= 0.6 is 0 Å². The normalized spacial score (nSPS) is 11.6. The average molecular weight is 331 g/mol. The number of quaternary nitrogens is 1. The summed E-state index contributed by atoms with van der Waals surface area (Å²) in [5.74, 6) is -0.895. The number of rotatable bonds is 6. The first-order valence-electron chi connectivity index (χ1n) is 7.52. The van der Waals surface area contributed by atoms with Crippen LogP contribution in [-0.2, 0) is 16.1 Å². The lowest BCUT2D eigenvalue weighted by molar-refractivity contribution is -0.885. The van der Waals surface area contributed by atoms with Gasteiger partial charge in [-0.25, -0.2) is 9.18 Å². The van der Waals surface area contributed by atoms with Crippen molar-refractivity contribution >= 4 is 17.6 Å². The van der Waals surface area contributed by atoms with E-state index in [0.29, 0.717) is 17.8 Å². The number of ether oxygens (including phenoxy) is 1. The van der Waals surface area contributed by atoms with Crippen LogP contribution in [0.2, 0.25) is 0 Å². The largest absolute Gasteiger partial charge is 0.465 e. The van der Waals surface area contributed by atoms with Crippen LogP contribution in [-0.4, -0.2) is 32.6 Å². The smallest absolute Gasteiger partial charge is 0.337 e. The maximum atomic E-state index is 12.8. The molecule has 0 aliphatic heterocycles. The second kappa shape index (κ2) is 8.21. The Morgan fingerprint density at radius 2 is 1.88 bits per heavy atom. The van der Waals surface area contributed by atoms with E-state index in [2.05, 4.69) is 5.32 Å². The number of benzene rings is 2. The van der Waals surface area contributed by atoms with Crippen LogP contribution in [0.5, 0.6) is 0 Å². The average Bonchev–Trinajstić information content (AvgIpc) is 2.56. The number of esters is 1. The fourth-order valence-electron chi connectivity index (χ4n) is 2.35. The number of likely N-dealkylation sites (N-methyl/N-ethyl adjacent to an activating group) is 1. The number of amides is 1. The summed E-state index contributed by atoms with van der Waals surface area (Å²) in [6, 6.07) is 12.8. The Kier molecular flexibility index (Phi) is 6.03. The highest BCUT2D eigenvalue weighted by molar-refractivity contribution is 5.91. The number of nitrogens with one attached hydrogen (secondary N) is 2. The van der Waals surface area contributed by atoms with Crippen molar-refractivity contribution in [1.82, 2.24) is 0 Å². The topological polar surface area (TPSA) is 59.8 Å². The van der Waals surface area contributed by atoms with E-state index in [1.54, 1.807) is 18.2 Å². The van der Waals surface area contributed by atoms with Crippen LogP contribution in [0.4, 0.5) is 10.1 Å². The highest BCUT2D eigenvalue weighted by Gasteiger charge is 2.12. The lowest BCUT2D eigenvalue weighted by atomic mass is 10.1. The molecule has 0 radical (unpaired) electrons. The molecule has 0 aliphatic rings. The van der Waals surface area contributed by atoms with Crippen molar-refractivity contribution in [2.45, 2.75) is 6.54 Å². The number of hydrogen-bond acceptors (Lipinski definition) is 3. The quantitative estimate of drug-likeness (QED) is 0.784. The Hall–Kier alpha value is -2.73. The molecular weight excluding hydrogens is 311 g/mol. The standard InChI is InChI=1S/C18H19FN2O3/c1-21(11-13-4-3-5-14(10-13)18(23)24-2)12-17(22)20-16-8-6-15(19)7-9-16/h3-10H,11-12H2,1-2H3,(H,20,22)/p+1. The second-order valence-corrected chi connectivity index (χ2v) is 5.56. The van der Waals surface area contributed by atoms with E-state index >= 15 is 0 Å². The Morgan fingerprint density at radius 3 is 2.54 bits per heavy atom. The molecule has 6 heteroatoms. The predicted octanol–water partition coefficient (Wildman–Crippen LogP) is 1.27. The third kappa shape index (κ3) is 5.17. The SMILES string of the molecule is COC(=O)c1cccc(C[NH+](C)CC(=O)Nc2ccc(F)cc2)c1. The van der Waals surface area contributed by atoms with Gasteiger partial charge in [0.05, 0.1) is 19.7 Å². The van der Waals surface area contributed by atoms with Gasteiger partial charge in [-0.05, 0) is 36.4 Å². The molecule has 1 amide bonds. The van der Waals surface area contributed by atoms with Gasteiger partial charge in [0.25, 0.3) is 5.91 Å². The van der Waals surface area contributed by atoms with E-state index in [9.17, 15) is 14.0 Å². The predicted molar refractivity (Wildman–Crippen MR) is 88.3 cm³/mol. The first-order valence-corrected chi connectivity index (χ1v) is 7.52. The maximum Gasteiger partial charge on any atom is 0.337 e. The van der Waals surface area contributed by atoms with Crippen molar-refractivity contribution in [2.75, 3.05) is 26.0 Å². The van der Waals surface area contributed by atoms with Gasteiger partial charge in [-0.1, -0.05) is 12.1 Å². The van der Waals surface area contributed by atoms with Crippen molar-refractivity contribution in [3.8, 4) is 0 Å². The highest BCUT2D eigenvalue weighted by Crippen LogP contribution is 2.08. The Balaban J connectivity index is 1.90. The molecule has 24 heavy (non-hydrogen) atoms. The molecule has 0 bridgehead atoms. The van der Waals surface area contributed by atoms with Gasteiger partial charge in [0, 0.05) is 11.3 Å². The minimum atomic E-state index is -0.386. The first-order chi connectivity index (χ1) is 11.5. The molecule has 0 saturated carbocycles. The fraction of sp³-hybridized carbons (Fsp3) is 0.222. The number of methoxy groups -OCH3 is 1. The van der Waals surface area contributed by atoms with E-state index in [4.69, 9.17) is 4.74 Å². The van der Waals surface area contributed by atoms with Crippen molar-refractivity contribution < 1.29 is 23.6 Å². The van der Waals surface area contributed by atoms with E-state index in [-0.39, 0.29) is 24.2 Å². The summed E-state index contributed by atoms with van der Waals surface area (Å²) in [7, 11) is 3.22. The zero-order valence-electron chi connectivity index (χ0n) is 13.6. The number of anilines is 1. The van der Waals surface area contributed by atoms with Crippen LogP contribution < -0.4 is 10.2 Å². The molecule has 0 saturated heterocycles. The molecule has 2 rings (SSSR count). The van der Waals surface area contributed by atoms with Crippen molar-refractivity contribution in [1.29, 1.82) is 0 Å². The van der Waals surface area contributed by atoms with E-state index in [1.165, 1.54) is 31.4 Å². The Bertz CT molecular complexity index is 716. The van der Waals surface area contributed by atoms with Gasteiger partial charge in [-0.15, -0.1) is 0 Å². The molecule has 0 aromatic heterocycles. The van der Waals surface area contributed by atoms with Crippen molar-refractivity contribution in [3.05, 3.63) is 65.5 Å². The summed E-state index contributed by atoms with van der Waals surface area (Å²) >= 11 is 0. The molecule has 1 unspecified atom stereocenters. The molecular formula is C18H20FN2O3+. The lowest BCUT2D eigenvalue weighted by Crippen LogP contribution is -3.08. The number of halogens is 1. The van der Waals surface area contributed by atoms with Crippen LogP contribution in [0, 0.1) is 5.82 Å². The van der Waals surface area contributed by atoms with Crippen molar-refractivity contribution in [2.24, 2.45) is 0 Å². The van der Waals surface area contributed by atoms with E-state index in [1.807, 2.05) is 13.1 Å². The van der Waals surface area contributed by atoms with Crippen LogP contribution in [0.3, 0.4) is 0 Å². The minimum Gasteiger partial charge on any atom is -0.465 e. The molecule has 0 fully saturated rings. The Morgan fingerprint density at radius 1 is 1.17 bits per heavy atom. The fourth-order valence-corrected chi connectivity index (χ4v) is 2.35. The second-order valence-electron chi connectivity index (χ2n) is 5.56. The summed E-state index contributed by atoms with van der Waals surface area (Å²) in [6.45, 7) is 0.835. The first kappa shape index (κ1) is 17.6. The maximum absolute atomic E-state index is 12.8. The summed E-state index contributed by atoms with van der Waals surface area (Å²) in [5, 5.41) is 2.72. The molecule has 5 nitrogen and oxygen atoms in total. The molecule has 2 aromatic carbocycles. The van der Waals surface area contributed by atoms with Gasteiger partial charge in [0.2, 0.25) is 0 Å². The monoisotopic (exact) mass is 331 g/mol. The van der Waals surface area contributed by atoms with Gasteiger partial charge in [-0.3, -0.25) is 4.79 Å². The summed E-state index contributed by atoms with van der Waals surface area (Å²) in [5.41, 5.74) is 1.98. The van der Waals surface area contributed by atoms with Crippen molar-refractivity contribution in [3.63, 3.8) is 0 Å². The van der Waals surface area contributed by atoms with Crippen LogP contribution in [0.1, 0.15) is 15.9 Å². The summed E-state index contributed by atoms with van der Waals surface area (Å²) < 4.78 is 17.5. The molecule has 2 N–H and O–H groups in total. The molecule has 126 valence electrons.